The third kappa shape index (κ3) is 3.42. The number of methoxy groups -OCH3 is 1. The summed E-state index contributed by atoms with van der Waals surface area (Å²) in [7, 11) is 5.12. The zero-order valence-corrected chi connectivity index (χ0v) is 17.1. The summed E-state index contributed by atoms with van der Waals surface area (Å²) < 4.78 is 5.05. The zero-order chi connectivity index (χ0) is 21.3. The number of H-pyrrole nitrogens is 2. The topological polar surface area (TPSA) is 103 Å². The van der Waals surface area contributed by atoms with Crippen LogP contribution in [0.5, 0.6) is 0 Å². The molecule has 154 valence electrons. The van der Waals surface area contributed by atoms with Crippen LogP contribution in [0.4, 0.5) is 5.69 Å². The van der Waals surface area contributed by atoms with Crippen LogP contribution in [0.2, 0.25) is 0 Å². The van der Waals surface area contributed by atoms with E-state index in [9.17, 15) is 9.59 Å². The van der Waals surface area contributed by atoms with E-state index in [1.165, 1.54) is 0 Å². The molecule has 0 aliphatic carbocycles. The summed E-state index contributed by atoms with van der Waals surface area (Å²) in [6.45, 7) is 0.970. The van der Waals surface area contributed by atoms with E-state index in [0.717, 1.165) is 10.9 Å². The highest BCUT2D eigenvalue weighted by atomic mass is 16.5. The lowest BCUT2D eigenvalue weighted by Gasteiger charge is -2.16. The molecule has 0 radical (unpaired) electrons. The number of hydrogen-bond acceptors (Lipinski definition) is 5. The number of carbonyl (C=O) groups excluding carboxylic acids is 1. The van der Waals surface area contributed by atoms with Gasteiger partial charge in [-0.25, -0.2) is 4.98 Å². The molecule has 2 aromatic heterocycles. The van der Waals surface area contributed by atoms with E-state index in [0.29, 0.717) is 46.8 Å². The predicted octanol–water partition coefficient (Wildman–Crippen LogP) is 2.83. The molecule has 4 aromatic rings. The van der Waals surface area contributed by atoms with Crippen LogP contribution in [0, 0.1) is 0 Å². The van der Waals surface area contributed by atoms with Crippen LogP contribution >= 0.6 is 0 Å². The Morgan fingerprint density at radius 3 is 2.73 bits per heavy atom. The fourth-order valence-electron chi connectivity index (χ4n) is 3.51. The van der Waals surface area contributed by atoms with E-state index in [4.69, 9.17) is 4.74 Å². The Labute approximate surface area is 172 Å². The smallest absolute Gasteiger partial charge is 0.276 e. The van der Waals surface area contributed by atoms with Gasteiger partial charge in [-0.3, -0.25) is 9.59 Å². The first-order valence-electron chi connectivity index (χ1n) is 9.60. The summed E-state index contributed by atoms with van der Waals surface area (Å²) in [6, 6.07) is 12.8. The molecule has 0 bridgehead atoms. The first kappa shape index (κ1) is 19.7. The van der Waals surface area contributed by atoms with Gasteiger partial charge in [0.15, 0.2) is 5.69 Å². The number of aromatic nitrogens is 3. The Morgan fingerprint density at radius 1 is 1.17 bits per heavy atom. The number of benzene rings is 2. The van der Waals surface area contributed by atoms with Gasteiger partial charge in [0.25, 0.3) is 11.5 Å². The van der Waals surface area contributed by atoms with Gasteiger partial charge in [-0.05, 0) is 30.3 Å². The maximum atomic E-state index is 12.7. The Morgan fingerprint density at radius 2 is 1.97 bits per heavy atom. The molecule has 4 rings (SSSR count). The van der Waals surface area contributed by atoms with Crippen molar-refractivity contribution < 1.29 is 9.53 Å². The second kappa shape index (κ2) is 8.00. The number of amides is 1. The summed E-state index contributed by atoms with van der Waals surface area (Å²) in [4.78, 5) is 37.8. The third-order valence-corrected chi connectivity index (χ3v) is 5.11. The Hall–Kier alpha value is -3.65. The van der Waals surface area contributed by atoms with E-state index < -0.39 is 0 Å². The number of likely N-dealkylation sites (N-methyl/N-ethyl adjacent to an activating group) is 1. The third-order valence-electron chi connectivity index (χ3n) is 5.11. The van der Waals surface area contributed by atoms with E-state index in [2.05, 4.69) is 20.3 Å². The second-order valence-corrected chi connectivity index (χ2v) is 7.04. The highest BCUT2D eigenvalue weighted by molar-refractivity contribution is 6.05. The van der Waals surface area contributed by atoms with Crippen molar-refractivity contribution in [2.45, 2.75) is 0 Å². The van der Waals surface area contributed by atoms with Crippen molar-refractivity contribution in [2.75, 3.05) is 39.7 Å². The largest absolute Gasteiger partial charge is 0.386 e. The van der Waals surface area contributed by atoms with Crippen LogP contribution in [-0.2, 0) is 4.74 Å². The summed E-state index contributed by atoms with van der Waals surface area (Å²) >= 11 is 0. The molecular formula is C22H23N5O3. The maximum Gasteiger partial charge on any atom is 0.276 e. The van der Waals surface area contributed by atoms with Gasteiger partial charge in [0.05, 0.1) is 29.0 Å². The van der Waals surface area contributed by atoms with Crippen molar-refractivity contribution in [2.24, 2.45) is 0 Å². The van der Waals surface area contributed by atoms with Crippen molar-refractivity contribution in [3.8, 4) is 11.4 Å². The minimum atomic E-state index is -0.285. The first-order chi connectivity index (χ1) is 14.5. The van der Waals surface area contributed by atoms with Gasteiger partial charge >= 0.3 is 0 Å². The van der Waals surface area contributed by atoms with Crippen molar-refractivity contribution in [1.29, 1.82) is 0 Å². The maximum absolute atomic E-state index is 12.7. The first-order valence-corrected chi connectivity index (χ1v) is 9.60. The molecule has 0 saturated carbocycles. The average molecular weight is 405 g/mol. The minimum absolute atomic E-state index is 0.0968. The van der Waals surface area contributed by atoms with Crippen LogP contribution in [0.1, 0.15) is 10.4 Å². The van der Waals surface area contributed by atoms with Crippen LogP contribution in [0.15, 0.2) is 47.3 Å². The monoisotopic (exact) mass is 405 g/mol. The molecule has 8 heteroatoms. The SMILES string of the molecule is CNc1c(-c2nc3ccccc3[nH]c2=O)[nH]c2ccc(C(=O)N(C)CCOC)cc12. The van der Waals surface area contributed by atoms with E-state index in [1.807, 2.05) is 36.4 Å². The lowest BCUT2D eigenvalue weighted by molar-refractivity contribution is 0.0744. The summed E-state index contributed by atoms with van der Waals surface area (Å²) in [6.07, 6.45) is 0. The fraction of sp³-hybridized carbons (Fsp3) is 0.227. The van der Waals surface area contributed by atoms with Crippen LogP contribution in [0.25, 0.3) is 33.3 Å². The molecule has 0 unspecified atom stereocenters. The number of aromatic amines is 2. The molecule has 0 spiro atoms. The van der Waals surface area contributed by atoms with Gasteiger partial charge in [-0.15, -0.1) is 0 Å². The number of carbonyl (C=O) groups is 1. The standard InChI is InChI=1S/C22H23N5O3/c1-23-18-14-12-13(22(29)27(2)10-11-30-3)8-9-15(14)24-19(18)20-21(28)26-17-7-5-4-6-16(17)25-20/h4-9,12,23-24H,10-11H2,1-3H3,(H,26,28). The number of anilines is 1. The molecule has 0 fully saturated rings. The number of nitrogens with one attached hydrogen (secondary N) is 3. The number of para-hydroxylation sites is 2. The molecule has 30 heavy (non-hydrogen) atoms. The zero-order valence-electron chi connectivity index (χ0n) is 17.1. The Kier molecular flexibility index (Phi) is 5.24. The molecule has 8 nitrogen and oxygen atoms in total. The van der Waals surface area contributed by atoms with Gasteiger partial charge in [0, 0.05) is 44.2 Å². The molecule has 3 N–H and O–H groups in total. The molecule has 2 heterocycles. The van der Waals surface area contributed by atoms with Crippen LogP contribution in [-0.4, -0.2) is 60.1 Å². The molecule has 2 aromatic carbocycles. The van der Waals surface area contributed by atoms with Gasteiger partial charge in [0.2, 0.25) is 0 Å². The summed E-state index contributed by atoms with van der Waals surface area (Å²) in [5.41, 5.74) is 4.04. The minimum Gasteiger partial charge on any atom is -0.386 e. The lowest BCUT2D eigenvalue weighted by atomic mass is 10.1. The van der Waals surface area contributed by atoms with Gasteiger partial charge in [-0.2, -0.15) is 0 Å². The van der Waals surface area contributed by atoms with Gasteiger partial charge in [0.1, 0.15) is 0 Å². The second-order valence-electron chi connectivity index (χ2n) is 7.04. The Bertz CT molecular complexity index is 1290. The molecule has 0 aliphatic rings. The fourth-order valence-corrected chi connectivity index (χ4v) is 3.51. The van der Waals surface area contributed by atoms with Crippen molar-refractivity contribution in [3.05, 3.63) is 58.4 Å². The number of ether oxygens (including phenoxy) is 1. The van der Waals surface area contributed by atoms with Crippen molar-refractivity contribution >= 4 is 33.5 Å². The van der Waals surface area contributed by atoms with E-state index >= 15 is 0 Å². The Balaban J connectivity index is 1.82. The molecule has 0 atom stereocenters. The lowest BCUT2D eigenvalue weighted by Crippen LogP contribution is -2.29. The van der Waals surface area contributed by atoms with Gasteiger partial charge < -0.3 is 24.9 Å². The van der Waals surface area contributed by atoms with E-state index in [1.54, 1.807) is 32.2 Å². The molecular weight excluding hydrogens is 382 g/mol. The number of nitrogens with zero attached hydrogens (tertiary/aromatic N) is 2. The highest BCUT2D eigenvalue weighted by Crippen LogP contribution is 2.33. The van der Waals surface area contributed by atoms with Crippen LogP contribution < -0.4 is 10.9 Å². The van der Waals surface area contributed by atoms with Crippen molar-refractivity contribution in [3.63, 3.8) is 0 Å². The highest BCUT2D eigenvalue weighted by Gasteiger charge is 2.19. The predicted molar refractivity (Wildman–Crippen MR) is 118 cm³/mol. The molecule has 0 aliphatic heterocycles. The molecule has 0 saturated heterocycles. The molecule has 1 amide bonds. The quantitative estimate of drug-likeness (QED) is 0.458. The van der Waals surface area contributed by atoms with E-state index in [-0.39, 0.29) is 11.5 Å². The number of rotatable bonds is 6. The van der Waals surface area contributed by atoms with Gasteiger partial charge in [-0.1, -0.05) is 12.1 Å². The number of fused-ring (bicyclic) bond motifs is 2. The summed E-state index contributed by atoms with van der Waals surface area (Å²) in [5, 5.41) is 3.97. The van der Waals surface area contributed by atoms with Crippen molar-refractivity contribution in [1.82, 2.24) is 19.9 Å². The van der Waals surface area contributed by atoms with Crippen LogP contribution in [0.3, 0.4) is 0 Å². The summed E-state index contributed by atoms with van der Waals surface area (Å²) in [5.74, 6) is -0.0968. The number of hydrogen-bond donors (Lipinski definition) is 3. The average Bonchev–Trinajstić information content (AvgIpc) is 3.13. The normalized spacial score (nSPS) is 11.2.